The summed E-state index contributed by atoms with van der Waals surface area (Å²) < 4.78 is 61.8. The van der Waals surface area contributed by atoms with E-state index in [0.29, 0.717) is 18.4 Å². The fourth-order valence-corrected chi connectivity index (χ4v) is 4.69. The number of nitrogens with one attached hydrogen (secondary N) is 1. The molecule has 0 saturated carbocycles. The molecule has 0 aliphatic carbocycles. The molecule has 1 saturated heterocycles. The van der Waals surface area contributed by atoms with Crippen molar-refractivity contribution in [2.24, 2.45) is 5.92 Å². The lowest BCUT2D eigenvalue weighted by molar-refractivity contribution is -0.137. The van der Waals surface area contributed by atoms with Crippen LogP contribution in [0.5, 0.6) is 0 Å². The van der Waals surface area contributed by atoms with Crippen LogP contribution < -0.4 is 5.32 Å². The molecule has 0 bridgehead atoms. The van der Waals surface area contributed by atoms with Gasteiger partial charge in [-0.05, 0) is 43.5 Å². The highest BCUT2D eigenvalue weighted by Gasteiger charge is 2.34. The second kappa shape index (κ2) is 5.96. The Morgan fingerprint density at radius 1 is 1.33 bits per heavy atom. The first-order valence-electron chi connectivity index (χ1n) is 6.78. The number of alkyl halides is 3. The van der Waals surface area contributed by atoms with Gasteiger partial charge in [0, 0.05) is 6.04 Å². The Balaban J connectivity index is 2.29. The van der Waals surface area contributed by atoms with Gasteiger partial charge in [-0.25, -0.2) is 8.42 Å². The van der Waals surface area contributed by atoms with Crippen molar-refractivity contribution in [1.82, 2.24) is 5.32 Å². The van der Waals surface area contributed by atoms with E-state index in [2.05, 4.69) is 5.32 Å². The van der Waals surface area contributed by atoms with Crippen molar-refractivity contribution in [3.63, 3.8) is 0 Å². The molecule has 21 heavy (non-hydrogen) atoms. The van der Waals surface area contributed by atoms with Crippen LogP contribution in [0.3, 0.4) is 0 Å². The summed E-state index contributed by atoms with van der Waals surface area (Å²) in [6, 6.07) is 4.70. The maximum absolute atomic E-state index is 12.8. The van der Waals surface area contributed by atoms with Crippen LogP contribution in [-0.4, -0.2) is 27.0 Å². The van der Waals surface area contributed by atoms with Crippen LogP contribution in [0.2, 0.25) is 0 Å². The third-order valence-corrected chi connectivity index (χ3v) is 5.70. The largest absolute Gasteiger partial charge is 0.416 e. The van der Waals surface area contributed by atoms with Gasteiger partial charge < -0.3 is 5.32 Å². The van der Waals surface area contributed by atoms with Gasteiger partial charge in [0.1, 0.15) is 0 Å². The van der Waals surface area contributed by atoms with E-state index in [9.17, 15) is 21.6 Å². The first-order chi connectivity index (χ1) is 9.73. The maximum Gasteiger partial charge on any atom is 0.416 e. The minimum atomic E-state index is -4.40. The molecule has 1 aromatic carbocycles. The summed E-state index contributed by atoms with van der Waals surface area (Å²) in [5.74, 6) is -0.00526. The van der Waals surface area contributed by atoms with Crippen molar-refractivity contribution in [2.45, 2.75) is 25.1 Å². The fraction of sp³-hybridized carbons (Fsp3) is 0.571. The van der Waals surface area contributed by atoms with Crippen LogP contribution in [-0.2, 0) is 16.0 Å². The van der Waals surface area contributed by atoms with Gasteiger partial charge in [0.25, 0.3) is 0 Å². The Labute approximate surface area is 122 Å². The summed E-state index contributed by atoms with van der Waals surface area (Å²) in [6.07, 6.45) is -3.14. The first kappa shape index (κ1) is 16.3. The van der Waals surface area contributed by atoms with E-state index in [1.807, 2.05) is 0 Å². The van der Waals surface area contributed by atoms with Crippen molar-refractivity contribution < 1.29 is 21.6 Å². The number of hydrogen-bond acceptors (Lipinski definition) is 3. The smallest absolute Gasteiger partial charge is 0.313 e. The number of halogens is 3. The zero-order chi connectivity index (χ0) is 15.7. The van der Waals surface area contributed by atoms with Gasteiger partial charge in [-0.1, -0.05) is 12.1 Å². The van der Waals surface area contributed by atoms with Crippen LogP contribution in [0, 0.1) is 5.92 Å². The summed E-state index contributed by atoms with van der Waals surface area (Å²) in [7, 11) is -1.45. The van der Waals surface area contributed by atoms with Crippen molar-refractivity contribution in [1.29, 1.82) is 0 Å². The fourth-order valence-electron chi connectivity index (χ4n) is 2.90. The normalized spacial score (nSPS) is 23.7. The number of hydrogen-bond donors (Lipinski definition) is 1. The highest BCUT2D eigenvalue weighted by molar-refractivity contribution is 7.91. The van der Waals surface area contributed by atoms with Crippen LogP contribution >= 0.6 is 0 Å². The second-order valence-electron chi connectivity index (χ2n) is 5.41. The molecule has 1 N–H and O–H groups in total. The van der Waals surface area contributed by atoms with Gasteiger partial charge in [-0.15, -0.1) is 0 Å². The van der Waals surface area contributed by atoms with Gasteiger partial charge in [0.05, 0.1) is 17.1 Å². The SMILES string of the molecule is CNC(c1cccc(C(F)(F)F)c1)C1CCCS(=O)(=O)C1. The molecule has 1 aliphatic heterocycles. The Bertz CT molecular complexity index is 598. The van der Waals surface area contributed by atoms with E-state index in [0.717, 1.165) is 12.1 Å². The molecule has 2 atom stereocenters. The van der Waals surface area contributed by atoms with E-state index in [1.165, 1.54) is 6.07 Å². The number of rotatable bonds is 3. The predicted molar refractivity (Wildman–Crippen MR) is 74.6 cm³/mol. The zero-order valence-corrected chi connectivity index (χ0v) is 12.5. The summed E-state index contributed by atoms with van der Waals surface area (Å²) >= 11 is 0. The molecule has 1 aromatic rings. The standard InChI is InChI=1S/C14H18F3NO2S/c1-18-13(11-5-3-7-21(19,20)9-11)10-4-2-6-12(8-10)14(15,16)17/h2,4,6,8,11,13,18H,3,5,7,9H2,1H3. The van der Waals surface area contributed by atoms with Gasteiger partial charge in [0.15, 0.2) is 9.84 Å². The molecule has 0 spiro atoms. The van der Waals surface area contributed by atoms with Crippen molar-refractivity contribution in [3.05, 3.63) is 35.4 Å². The van der Waals surface area contributed by atoms with Crippen molar-refractivity contribution >= 4 is 9.84 Å². The lowest BCUT2D eigenvalue weighted by atomic mass is 9.90. The molecule has 1 aliphatic rings. The Hall–Kier alpha value is -1.08. The van der Waals surface area contributed by atoms with Gasteiger partial charge >= 0.3 is 6.18 Å². The average Bonchev–Trinajstić information content (AvgIpc) is 2.38. The molecule has 1 fully saturated rings. The minimum absolute atomic E-state index is 0.0226. The molecule has 2 unspecified atom stereocenters. The molecule has 118 valence electrons. The van der Waals surface area contributed by atoms with Crippen molar-refractivity contribution in [2.75, 3.05) is 18.6 Å². The molecule has 0 aromatic heterocycles. The number of sulfone groups is 1. The molecular formula is C14H18F3NO2S. The Morgan fingerprint density at radius 2 is 2.05 bits per heavy atom. The number of benzene rings is 1. The third-order valence-electron chi connectivity index (χ3n) is 3.85. The lowest BCUT2D eigenvalue weighted by Crippen LogP contribution is -2.34. The third kappa shape index (κ3) is 3.97. The van der Waals surface area contributed by atoms with Crippen LogP contribution in [0.4, 0.5) is 13.2 Å². The maximum atomic E-state index is 12.8. The highest BCUT2D eigenvalue weighted by atomic mass is 32.2. The minimum Gasteiger partial charge on any atom is -0.313 e. The molecule has 0 amide bonds. The van der Waals surface area contributed by atoms with Gasteiger partial charge in [0.2, 0.25) is 0 Å². The van der Waals surface area contributed by atoms with E-state index in [4.69, 9.17) is 0 Å². The topological polar surface area (TPSA) is 46.2 Å². The van der Waals surface area contributed by atoms with Crippen molar-refractivity contribution in [3.8, 4) is 0 Å². The summed E-state index contributed by atoms with van der Waals surface area (Å²) in [5.41, 5.74) is -0.228. The predicted octanol–water partition coefficient (Wildman–Crippen LogP) is 2.79. The zero-order valence-electron chi connectivity index (χ0n) is 11.7. The summed E-state index contributed by atoms with van der Waals surface area (Å²) in [6.45, 7) is 0. The molecule has 3 nitrogen and oxygen atoms in total. The molecule has 0 radical (unpaired) electrons. The average molecular weight is 321 g/mol. The molecular weight excluding hydrogens is 303 g/mol. The highest BCUT2D eigenvalue weighted by Crippen LogP contribution is 2.34. The van der Waals surface area contributed by atoms with Crippen LogP contribution in [0.25, 0.3) is 0 Å². The molecule has 1 heterocycles. The first-order valence-corrected chi connectivity index (χ1v) is 8.60. The Morgan fingerprint density at radius 3 is 2.62 bits per heavy atom. The Kier molecular flexibility index (Phi) is 4.63. The van der Waals surface area contributed by atoms with Gasteiger partial charge in [-0.3, -0.25) is 0 Å². The monoisotopic (exact) mass is 321 g/mol. The van der Waals surface area contributed by atoms with E-state index >= 15 is 0 Å². The summed E-state index contributed by atoms with van der Waals surface area (Å²) in [4.78, 5) is 0. The van der Waals surface area contributed by atoms with E-state index in [1.54, 1.807) is 13.1 Å². The van der Waals surface area contributed by atoms with E-state index in [-0.39, 0.29) is 23.5 Å². The molecule has 7 heteroatoms. The van der Waals surface area contributed by atoms with Gasteiger partial charge in [-0.2, -0.15) is 13.2 Å². The quantitative estimate of drug-likeness (QED) is 0.931. The van der Waals surface area contributed by atoms with E-state index < -0.39 is 21.6 Å². The van der Waals surface area contributed by atoms with Crippen LogP contribution in [0.15, 0.2) is 24.3 Å². The summed E-state index contributed by atoms with van der Waals surface area (Å²) in [5, 5.41) is 2.97. The lowest BCUT2D eigenvalue weighted by Gasteiger charge is -2.30. The second-order valence-corrected chi connectivity index (χ2v) is 7.63. The van der Waals surface area contributed by atoms with Crippen LogP contribution in [0.1, 0.15) is 30.0 Å². The molecule has 2 rings (SSSR count).